The maximum Gasteiger partial charge on any atom is 0.266 e. The molecule has 1 aromatic carbocycles. The molecule has 0 saturated carbocycles. The molecular formula is C17H16N2O2. The highest BCUT2D eigenvalue weighted by molar-refractivity contribution is 5.73. The van der Waals surface area contributed by atoms with Crippen molar-refractivity contribution in [2.75, 3.05) is 0 Å². The van der Waals surface area contributed by atoms with Crippen LogP contribution < -0.4 is 5.56 Å². The lowest BCUT2D eigenvalue weighted by atomic mass is 9.88. The molecular weight excluding hydrogens is 264 g/mol. The average molecular weight is 280 g/mol. The van der Waals surface area contributed by atoms with E-state index in [4.69, 9.17) is 0 Å². The third-order valence-corrected chi connectivity index (χ3v) is 3.50. The lowest BCUT2D eigenvalue weighted by Gasteiger charge is -2.18. The van der Waals surface area contributed by atoms with E-state index >= 15 is 0 Å². The second kappa shape index (κ2) is 5.37. The summed E-state index contributed by atoms with van der Waals surface area (Å²) >= 11 is 0. The lowest BCUT2D eigenvalue weighted by molar-refractivity contribution is -0.111. The zero-order valence-corrected chi connectivity index (χ0v) is 12.2. The van der Waals surface area contributed by atoms with Crippen molar-refractivity contribution < 1.29 is 4.79 Å². The standard InChI is InChI=1S/C17H16N2O2/c1-11-4-6-12(7-5-11)13-8-15(17(2,3)10-20)19-16(21)14(13)9-18/h4-8,10H,1-3H3,(H,19,21). The largest absolute Gasteiger partial charge is 0.324 e. The molecule has 0 saturated heterocycles. The molecule has 0 spiro atoms. The number of nitriles is 1. The van der Waals surface area contributed by atoms with Crippen LogP contribution in [0.15, 0.2) is 35.1 Å². The van der Waals surface area contributed by atoms with Gasteiger partial charge in [-0.3, -0.25) is 4.79 Å². The number of hydrogen-bond acceptors (Lipinski definition) is 3. The molecule has 1 heterocycles. The van der Waals surface area contributed by atoms with Crippen LogP contribution >= 0.6 is 0 Å². The van der Waals surface area contributed by atoms with Crippen LogP contribution in [0.5, 0.6) is 0 Å². The SMILES string of the molecule is Cc1ccc(-c2cc(C(C)(C)C=O)[nH]c(=O)c2C#N)cc1. The average Bonchev–Trinajstić information content (AvgIpc) is 2.47. The van der Waals surface area contributed by atoms with E-state index in [1.165, 1.54) is 0 Å². The van der Waals surface area contributed by atoms with Crippen molar-refractivity contribution in [2.24, 2.45) is 0 Å². The summed E-state index contributed by atoms with van der Waals surface area (Å²) in [7, 11) is 0. The van der Waals surface area contributed by atoms with Crippen molar-refractivity contribution >= 4 is 6.29 Å². The summed E-state index contributed by atoms with van der Waals surface area (Å²) in [5, 5.41) is 9.23. The zero-order valence-electron chi connectivity index (χ0n) is 12.2. The van der Waals surface area contributed by atoms with Crippen LogP contribution in [0, 0.1) is 18.3 Å². The Morgan fingerprint density at radius 2 is 1.86 bits per heavy atom. The van der Waals surface area contributed by atoms with E-state index < -0.39 is 11.0 Å². The third-order valence-electron chi connectivity index (χ3n) is 3.50. The van der Waals surface area contributed by atoms with Crippen molar-refractivity contribution in [2.45, 2.75) is 26.2 Å². The number of H-pyrrole nitrogens is 1. The zero-order chi connectivity index (χ0) is 15.6. The molecule has 2 aromatic rings. The van der Waals surface area contributed by atoms with Gasteiger partial charge in [0.05, 0.1) is 5.41 Å². The predicted molar refractivity (Wildman–Crippen MR) is 81.0 cm³/mol. The fourth-order valence-corrected chi connectivity index (χ4v) is 2.04. The van der Waals surface area contributed by atoms with Crippen molar-refractivity contribution in [3.8, 4) is 17.2 Å². The molecule has 21 heavy (non-hydrogen) atoms. The number of aromatic amines is 1. The van der Waals surface area contributed by atoms with Gasteiger partial charge < -0.3 is 9.78 Å². The van der Waals surface area contributed by atoms with Crippen LogP contribution in [0.1, 0.15) is 30.7 Å². The molecule has 106 valence electrons. The van der Waals surface area contributed by atoms with Crippen molar-refractivity contribution in [3.05, 3.63) is 57.5 Å². The van der Waals surface area contributed by atoms with E-state index in [0.717, 1.165) is 17.4 Å². The van der Waals surface area contributed by atoms with Gasteiger partial charge in [-0.2, -0.15) is 5.26 Å². The highest BCUT2D eigenvalue weighted by Crippen LogP contribution is 2.26. The summed E-state index contributed by atoms with van der Waals surface area (Å²) in [6.45, 7) is 5.40. The monoisotopic (exact) mass is 280 g/mol. The second-order valence-electron chi connectivity index (χ2n) is 5.62. The third kappa shape index (κ3) is 2.77. The number of pyridine rings is 1. The van der Waals surface area contributed by atoms with Gasteiger partial charge in [-0.1, -0.05) is 29.8 Å². The van der Waals surface area contributed by atoms with Gasteiger partial charge in [0.1, 0.15) is 17.9 Å². The van der Waals surface area contributed by atoms with Gasteiger partial charge in [-0.25, -0.2) is 0 Å². The minimum absolute atomic E-state index is 0.0595. The number of aldehydes is 1. The van der Waals surface area contributed by atoms with E-state index in [1.807, 2.05) is 37.3 Å². The second-order valence-corrected chi connectivity index (χ2v) is 5.62. The molecule has 4 heteroatoms. The number of nitrogens with one attached hydrogen (secondary N) is 1. The Morgan fingerprint density at radius 1 is 1.24 bits per heavy atom. The number of carbonyl (C=O) groups excluding carboxylic acids is 1. The Morgan fingerprint density at radius 3 is 2.38 bits per heavy atom. The summed E-state index contributed by atoms with van der Waals surface area (Å²) in [5.41, 5.74) is 1.70. The normalized spacial score (nSPS) is 11.0. The molecule has 0 aliphatic carbocycles. The molecule has 2 rings (SSSR count). The first-order valence-electron chi connectivity index (χ1n) is 6.60. The van der Waals surface area contributed by atoms with Gasteiger partial charge in [0.2, 0.25) is 0 Å². The van der Waals surface area contributed by atoms with E-state index in [9.17, 15) is 14.9 Å². The van der Waals surface area contributed by atoms with Crippen LogP contribution in [0.25, 0.3) is 11.1 Å². The predicted octanol–water partition coefficient (Wildman–Crippen LogP) is 2.70. The van der Waals surface area contributed by atoms with Crippen LogP contribution in [0.2, 0.25) is 0 Å². The Labute approximate surface area is 123 Å². The molecule has 1 aromatic heterocycles. The quantitative estimate of drug-likeness (QED) is 0.878. The smallest absolute Gasteiger partial charge is 0.266 e. The molecule has 0 atom stereocenters. The van der Waals surface area contributed by atoms with Gasteiger partial charge in [0.25, 0.3) is 5.56 Å². The van der Waals surface area contributed by atoms with Crippen LogP contribution in [-0.4, -0.2) is 11.3 Å². The van der Waals surface area contributed by atoms with E-state index in [-0.39, 0.29) is 5.56 Å². The fourth-order valence-electron chi connectivity index (χ4n) is 2.04. The molecule has 0 aliphatic rings. The lowest BCUT2D eigenvalue weighted by Crippen LogP contribution is -2.25. The Hall–Kier alpha value is -2.67. The van der Waals surface area contributed by atoms with Gasteiger partial charge in [0, 0.05) is 11.3 Å². The van der Waals surface area contributed by atoms with Crippen LogP contribution in [0.4, 0.5) is 0 Å². The van der Waals surface area contributed by atoms with E-state index in [0.29, 0.717) is 11.3 Å². The first-order chi connectivity index (χ1) is 9.89. The van der Waals surface area contributed by atoms with E-state index in [1.54, 1.807) is 19.9 Å². The van der Waals surface area contributed by atoms with Gasteiger partial charge in [-0.15, -0.1) is 0 Å². The maximum absolute atomic E-state index is 12.1. The van der Waals surface area contributed by atoms with E-state index in [2.05, 4.69) is 4.98 Å². The molecule has 0 unspecified atom stereocenters. The Kier molecular flexibility index (Phi) is 3.77. The van der Waals surface area contributed by atoms with Crippen LogP contribution in [0.3, 0.4) is 0 Å². The Bertz CT molecular complexity index is 778. The highest BCUT2D eigenvalue weighted by atomic mass is 16.1. The summed E-state index contributed by atoms with van der Waals surface area (Å²) in [6, 6.07) is 11.2. The number of aryl methyl sites for hydroxylation is 1. The summed E-state index contributed by atoms with van der Waals surface area (Å²) in [5.74, 6) is 0. The number of carbonyl (C=O) groups is 1. The number of benzene rings is 1. The minimum atomic E-state index is -0.813. The molecule has 0 bridgehead atoms. The summed E-state index contributed by atoms with van der Waals surface area (Å²) in [6.07, 6.45) is 0.781. The van der Waals surface area contributed by atoms with Crippen molar-refractivity contribution in [3.63, 3.8) is 0 Å². The molecule has 0 amide bonds. The molecule has 0 fully saturated rings. The summed E-state index contributed by atoms with van der Waals surface area (Å²) in [4.78, 5) is 25.9. The topological polar surface area (TPSA) is 73.7 Å². The first kappa shape index (κ1) is 14.7. The van der Waals surface area contributed by atoms with Gasteiger partial charge in [-0.05, 0) is 32.4 Å². The number of hydrogen-bond donors (Lipinski definition) is 1. The minimum Gasteiger partial charge on any atom is -0.324 e. The van der Waals surface area contributed by atoms with Crippen molar-refractivity contribution in [1.82, 2.24) is 4.98 Å². The first-order valence-corrected chi connectivity index (χ1v) is 6.60. The molecule has 0 aliphatic heterocycles. The van der Waals surface area contributed by atoms with Gasteiger partial charge >= 0.3 is 0 Å². The Balaban J connectivity index is 2.75. The summed E-state index contributed by atoms with van der Waals surface area (Å²) < 4.78 is 0. The maximum atomic E-state index is 12.1. The van der Waals surface area contributed by atoms with Gasteiger partial charge in [0.15, 0.2) is 0 Å². The molecule has 4 nitrogen and oxygen atoms in total. The molecule has 1 N–H and O–H groups in total. The van der Waals surface area contributed by atoms with Crippen LogP contribution in [-0.2, 0) is 10.2 Å². The number of aromatic nitrogens is 1. The number of nitrogens with zero attached hydrogens (tertiary/aromatic N) is 1. The number of rotatable bonds is 3. The highest BCUT2D eigenvalue weighted by Gasteiger charge is 2.23. The fraction of sp³-hybridized carbons (Fsp3) is 0.235. The molecule has 0 radical (unpaired) electrons. The van der Waals surface area contributed by atoms with Crippen molar-refractivity contribution in [1.29, 1.82) is 5.26 Å².